The van der Waals surface area contributed by atoms with Gasteiger partial charge in [0.1, 0.15) is 0 Å². The molecule has 7 heteroatoms. The highest BCUT2D eigenvalue weighted by molar-refractivity contribution is 9.14. The minimum absolute atomic E-state index is 0.250. The van der Waals surface area contributed by atoms with Gasteiger partial charge in [-0.2, -0.15) is 0 Å². The van der Waals surface area contributed by atoms with Gasteiger partial charge in [-0.25, -0.2) is 0 Å². The maximum absolute atomic E-state index is 5.30. The van der Waals surface area contributed by atoms with Crippen molar-refractivity contribution in [2.45, 2.75) is 19.3 Å². The molecule has 0 saturated carbocycles. The Bertz CT molecular complexity index is 712. The van der Waals surface area contributed by atoms with E-state index in [9.17, 15) is 0 Å². The van der Waals surface area contributed by atoms with Gasteiger partial charge in [0.25, 0.3) is 0 Å². The lowest BCUT2D eigenvalue weighted by atomic mass is 9.78. The Morgan fingerprint density at radius 3 is 1.86 bits per heavy atom. The number of halogens is 4. The molecule has 0 spiro atoms. The van der Waals surface area contributed by atoms with Crippen LogP contribution in [0.5, 0.6) is 11.5 Å². The molecule has 2 aromatic carbocycles. The predicted molar refractivity (Wildman–Crippen MR) is 98.2 cm³/mol. The van der Waals surface area contributed by atoms with E-state index < -0.39 is 0 Å². The second kappa shape index (κ2) is 6.09. The molecule has 3 nitrogen and oxygen atoms in total. The van der Waals surface area contributed by atoms with Crippen LogP contribution in [0.2, 0.25) is 0 Å². The average Bonchev–Trinajstić information content (AvgIpc) is 2.48. The fourth-order valence-electron chi connectivity index (χ4n) is 2.40. The second-order valence-electron chi connectivity index (χ2n) is 5.34. The molecule has 4 aliphatic heterocycles. The largest absolute Gasteiger partial charge is 0.299 e. The summed E-state index contributed by atoms with van der Waals surface area (Å²) in [5, 5.41) is 4.89. The van der Waals surface area contributed by atoms with Crippen molar-refractivity contribution in [3.8, 4) is 11.5 Å². The van der Waals surface area contributed by atoms with Gasteiger partial charge >= 0.3 is 0 Å². The lowest BCUT2D eigenvalue weighted by molar-refractivity contribution is -0.411. The third-order valence-electron chi connectivity index (χ3n) is 3.67. The van der Waals surface area contributed by atoms with Gasteiger partial charge in [0.2, 0.25) is 0 Å². The van der Waals surface area contributed by atoms with Crippen LogP contribution in [-0.2, 0) is 10.5 Å². The van der Waals surface area contributed by atoms with E-state index in [1.165, 1.54) is 0 Å². The van der Waals surface area contributed by atoms with Crippen LogP contribution >= 0.6 is 63.7 Å². The smallest absolute Gasteiger partial charge is 0.200 e. The van der Waals surface area contributed by atoms with E-state index in [1.54, 1.807) is 0 Å². The van der Waals surface area contributed by atoms with Gasteiger partial charge in [-0.1, -0.05) is 26.0 Å². The molecule has 2 aromatic rings. The lowest BCUT2D eigenvalue weighted by Crippen LogP contribution is -2.21. The van der Waals surface area contributed by atoms with Crippen LogP contribution in [-0.4, -0.2) is 0 Å². The van der Waals surface area contributed by atoms with Crippen molar-refractivity contribution in [1.29, 1.82) is 0 Å². The van der Waals surface area contributed by atoms with Gasteiger partial charge in [0.15, 0.2) is 11.5 Å². The predicted octanol–water partition coefficient (Wildman–Crippen LogP) is 6.68. The molecule has 4 bridgehead atoms. The summed E-state index contributed by atoms with van der Waals surface area (Å²) in [7, 11) is 0. The van der Waals surface area contributed by atoms with Crippen LogP contribution in [0, 0.1) is 0 Å². The summed E-state index contributed by atoms with van der Waals surface area (Å²) in [5.74, 6) is 1.05. The van der Waals surface area contributed by atoms with Gasteiger partial charge in [-0.05, 0) is 87.0 Å². The topological polar surface area (TPSA) is 27.7 Å². The Kier molecular flexibility index (Phi) is 4.64. The molecule has 0 aromatic heterocycles. The fraction of sp³-hybridized carbons (Fsp3) is 0.200. The molecule has 4 aliphatic rings. The maximum atomic E-state index is 5.30. The standard InChI is InChI=1S/C15H10Br4O3/c1-15(2)7-3-5-8(6-4-7)20-22-21-14-12(18)10(16)9(15)11(17)13(14)19/h3-6H,1-2H3. The third kappa shape index (κ3) is 2.65. The van der Waals surface area contributed by atoms with Crippen molar-refractivity contribution in [3.05, 3.63) is 53.3 Å². The van der Waals surface area contributed by atoms with Crippen LogP contribution in [0.15, 0.2) is 42.2 Å². The van der Waals surface area contributed by atoms with Crippen molar-refractivity contribution in [1.82, 2.24) is 0 Å². The first-order chi connectivity index (χ1) is 10.3. The summed E-state index contributed by atoms with van der Waals surface area (Å²) in [6.07, 6.45) is 0. The lowest BCUT2D eigenvalue weighted by Gasteiger charge is -2.30. The molecule has 4 heterocycles. The third-order valence-corrected chi connectivity index (χ3v) is 7.84. The van der Waals surface area contributed by atoms with Crippen LogP contribution in [0.3, 0.4) is 0 Å². The molecule has 0 saturated heterocycles. The highest BCUT2D eigenvalue weighted by Gasteiger charge is 2.33. The van der Waals surface area contributed by atoms with E-state index in [1.807, 2.05) is 24.3 Å². The molecule has 0 amide bonds. The highest BCUT2D eigenvalue weighted by Crippen LogP contribution is 2.51. The number of hydrogen-bond donors (Lipinski definition) is 0. The second-order valence-corrected chi connectivity index (χ2v) is 8.52. The number of benzene rings is 2. The minimum Gasteiger partial charge on any atom is -0.299 e. The summed E-state index contributed by atoms with van der Waals surface area (Å²) in [4.78, 5) is 10.5. The molecule has 0 unspecified atom stereocenters. The van der Waals surface area contributed by atoms with Crippen molar-refractivity contribution < 1.29 is 14.8 Å². The Labute approximate surface area is 161 Å². The molecule has 22 heavy (non-hydrogen) atoms. The molecule has 0 fully saturated rings. The number of hydrogen-bond acceptors (Lipinski definition) is 3. The van der Waals surface area contributed by atoms with Gasteiger partial charge < -0.3 is 0 Å². The zero-order valence-electron chi connectivity index (χ0n) is 11.5. The zero-order valence-corrected chi connectivity index (χ0v) is 17.9. The molecule has 0 aliphatic carbocycles. The Hall–Kier alpha value is -0.0800. The van der Waals surface area contributed by atoms with Crippen molar-refractivity contribution in [2.24, 2.45) is 0 Å². The van der Waals surface area contributed by atoms with E-state index in [-0.39, 0.29) is 5.41 Å². The molecular weight excluding hydrogens is 548 g/mol. The van der Waals surface area contributed by atoms with Crippen molar-refractivity contribution in [2.75, 3.05) is 0 Å². The van der Waals surface area contributed by atoms with Crippen LogP contribution in [0.25, 0.3) is 0 Å². The van der Waals surface area contributed by atoms with Crippen molar-refractivity contribution >= 4 is 63.7 Å². The van der Waals surface area contributed by atoms with Crippen LogP contribution < -0.4 is 9.78 Å². The molecule has 0 radical (unpaired) electrons. The maximum Gasteiger partial charge on any atom is 0.200 e. The molecule has 0 N–H and O–H groups in total. The SMILES string of the molecule is CC1(C)c2ccc(cc2)OOOc2c(Br)c(Br)c1c(Br)c2Br. The van der Waals surface area contributed by atoms with E-state index in [4.69, 9.17) is 14.8 Å². The van der Waals surface area contributed by atoms with E-state index in [0.717, 1.165) is 29.0 Å². The van der Waals surface area contributed by atoms with Crippen LogP contribution in [0.4, 0.5) is 0 Å². The van der Waals surface area contributed by atoms with E-state index in [2.05, 4.69) is 77.6 Å². The fourth-order valence-corrected chi connectivity index (χ4v) is 5.60. The first-order valence-electron chi connectivity index (χ1n) is 6.32. The Morgan fingerprint density at radius 1 is 0.773 bits per heavy atom. The summed E-state index contributed by atoms with van der Waals surface area (Å²) in [5.41, 5.74) is 1.99. The van der Waals surface area contributed by atoms with E-state index in [0.29, 0.717) is 11.5 Å². The highest BCUT2D eigenvalue weighted by atomic mass is 79.9. The summed E-state index contributed by atoms with van der Waals surface area (Å²) >= 11 is 14.4. The van der Waals surface area contributed by atoms with Gasteiger partial charge in [-0.3, -0.25) is 9.78 Å². The Morgan fingerprint density at radius 2 is 1.32 bits per heavy atom. The van der Waals surface area contributed by atoms with Gasteiger partial charge in [0, 0.05) is 19.4 Å². The summed E-state index contributed by atoms with van der Waals surface area (Å²) in [6.45, 7) is 4.32. The molecule has 0 atom stereocenters. The summed E-state index contributed by atoms with van der Waals surface area (Å²) in [6, 6.07) is 7.71. The van der Waals surface area contributed by atoms with Crippen molar-refractivity contribution in [3.63, 3.8) is 0 Å². The molecule has 6 rings (SSSR count). The van der Waals surface area contributed by atoms with Gasteiger partial charge in [0.05, 0.1) is 8.95 Å². The monoisotopic (exact) mass is 554 g/mol. The first-order valence-corrected chi connectivity index (χ1v) is 9.49. The summed E-state index contributed by atoms with van der Waals surface area (Å²) < 4.78 is 3.25. The molecular formula is C15H10Br4O3. The Balaban J connectivity index is 2.37. The van der Waals surface area contributed by atoms with Gasteiger partial charge in [-0.15, -0.1) is 0 Å². The van der Waals surface area contributed by atoms with Crippen LogP contribution in [0.1, 0.15) is 25.0 Å². The van der Waals surface area contributed by atoms with E-state index >= 15 is 0 Å². The zero-order chi connectivity index (χ0) is 16.1. The number of rotatable bonds is 0. The quantitative estimate of drug-likeness (QED) is 0.267. The normalized spacial score (nSPS) is 15.7. The average molecular weight is 558 g/mol. The minimum atomic E-state index is -0.250. The first kappa shape index (κ1) is 16.8. The molecule has 116 valence electrons.